The monoisotopic (exact) mass is 542 g/mol. The molecule has 1 amide bonds. The van der Waals surface area contributed by atoms with E-state index in [1.165, 1.54) is 12.1 Å². The third-order valence-electron chi connectivity index (χ3n) is 7.20. The van der Waals surface area contributed by atoms with Crippen molar-refractivity contribution in [2.45, 2.75) is 73.0 Å². The zero-order valence-corrected chi connectivity index (χ0v) is 24.5. The number of aliphatic hydroxyl groups excluding tert-OH is 1. The molecule has 1 aromatic heterocycles. The summed E-state index contributed by atoms with van der Waals surface area (Å²) in [6.45, 7) is 10.9. The molecule has 0 radical (unpaired) electrons. The van der Waals surface area contributed by atoms with Gasteiger partial charge in [0.1, 0.15) is 5.82 Å². The highest BCUT2D eigenvalue weighted by atomic mass is 19.1. The number of anilines is 1. The summed E-state index contributed by atoms with van der Waals surface area (Å²) in [5.74, 6) is -0.0620. The lowest BCUT2D eigenvalue weighted by molar-refractivity contribution is 0.102. The first-order valence-electron chi connectivity index (χ1n) is 14.5. The molecule has 3 aromatic carbocycles. The fourth-order valence-electron chi connectivity index (χ4n) is 5.06. The summed E-state index contributed by atoms with van der Waals surface area (Å²) in [4.78, 5) is 13.9. The van der Waals surface area contributed by atoms with E-state index in [0.717, 1.165) is 46.6 Å². The van der Waals surface area contributed by atoms with Crippen molar-refractivity contribution in [3.63, 3.8) is 0 Å². The van der Waals surface area contributed by atoms with Gasteiger partial charge in [-0.2, -0.15) is 0 Å². The first kappa shape index (κ1) is 30.8. The normalized spacial score (nSPS) is 12.3. The van der Waals surface area contributed by atoms with Crippen LogP contribution in [0, 0.1) is 11.7 Å². The number of carbonyl (C=O) groups is 1. The second kappa shape index (κ2) is 15.2. The maximum absolute atomic E-state index is 14.0. The average molecular weight is 543 g/mol. The Morgan fingerprint density at radius 3 is 2.08 bits per heavy atom. The standard InChI is InChI=1S/C33H37FN2O2.C2H6/c1-4-23(3)22-28(37)20-21-36-29(5-2)31(33(38)35-27-14-10-7-11-15-27)30(24-12-8-6-9-13-24)32(36)25-16-18-26(34)19-17-25;1-2/h6-19,23,28,37H,4-5,20-22H2,1-3H3,(H,35,38);1-2H3. The Morgan fingerprint density at radius 2 is 1.50 bits per heavy atom. The highest BCUT2D eigenvalue weighted by Crippen LogP contribution is 2.40. The van der Waals surface area contributed by atoms with Crippen molar-refractivity contribution >= 4 is 11.6 Å². The molecule has 0 aliphatic carbocycles. The van der Waals surface area contributed by atoms with Gasteiger partial charge in [-0.3, -0.25) is 4.79 Å². The van der Waals surface area contributed by atoms with E-state index in [-0.39, 0.29) is 11.7 Å². The second-order valence-electron chi connectivity index (χ2n) is 9.94. The molecule has 1 heterocycles. The third kappa shape index (κ3) is 7.48. The van der Waals surface area contributed by atoms with Gasteiger partial charge >= 0.3 is 0 Å². The fourth-order valence-corrected chi connectivity index (χ4v) is 5.06. The van der Waals surface area contributed by atoms with Gasteiger partial charge in [0.2, 0.25) is 0 Å². The van der Waals surface area contributed by atoms with Gasteiger partial charge in [0.05, 0.1) is 17.4 Å². The molecule has 0 fully saturated rings. The minimum Gasteiger partial charge on any atom is -0.393 e. The van der Waals surface area contributed by atoms with E-state index in [2.05, 4.69) is 23.7 Å². The largest absolute Gasteiger partial charge is 0.393 e. The summed E-state index contributed by atoms with van der Waals surface area (Å²) in [6, 6.07) is 25.7. The van der Waals surface area contributed by atoms with Gasteiger partial charge in [-0.1, -0.05) is 89.6 Å². The highest BCUT2D eigenvalue weighted by Gasteiger charge is 2.28. The number of hydrogen-bond acceptors (Lipinski definition) is 2. The van der Waals surface area contributed by atoms with Crippen LogP contribution in [-0.4, -0.2) is 21.7 Å². The van der Waals surface area contributed by atoms with Crippen LogP contribution in [0.5, 0.6) is 0 Å². The topological polar surface area (TPSA) is 54.3 Å². The average Bonchev–Trinajstić information content (AvgIpc) is 3.32. The Balaban J connectivity index is 0.00000216. The Bertz CT molecular complexity index is 1330. The molecule has 4 rings (SSSR count). The predicted molar refractivity (Wildman–Crippen MR) is 165 cm³/mol. The Labute approximate surface area is 238 Å². The van der Waals surface area contributed by atoms with Crippen LogP contribution in [-0.2, 0) is 13.0 Å². The number of rotatable bonds is 11. The van der Waals surface area contributed by atoms with E-state index in [1.807, 2.05) is 81.4 Å². The fraction of sp³-hybridized carbons (Fsp3) is 0.343. The van der Waals surface area contributed by atoms with Crippen LogP contribution in [0.4, 0.5) is 10.1 Å². The van der Waals surface area contributed by atoms with Crippen LogP contribution in [0.15, 0.2) is 84.9 Å². The van der Waals surface area contributed by atoms with Gasteiger partial charge in [0.15, 0.2) is 0 Å². The van der Waals surface area contributed by atoms with Crippen molar-refractivity contribution in [2.24, 2.45) is 5.92 Å². The molecule has 0 aliphatic rings. The van der Waals surface area contributed by atoms with E-state index in [9.17, 15) is 14.3 Å². The number of hydrogen-bond donors (Lipinski definition) is 2. The molecule has 2 N–H and O–H groups in total. The predicted octanol–water partition coefficient (Wildman–Crippen LogP) is 8.99. The van der Waals surface area contributed by atoms with Gasteiger partial charge in [-0.05, 0) is 72.7 Å². The highest BCUT2D eigenvalue weighted by molar-refractivity contribution is 6.12. The van der Waals surface area contributed by atoms with Gasteiger partial charge in [0.25, 0.3) is 5.91 Å². The minimum absolute atomic E-state index is 0.186. The molecular weight excluding hydrogens is 499 g/mol. The van der Waals surface area contributed by atoms with E-state index in [0.29, 0.717) is 30.9 Å². The summed E-state index contributed by atoms with van der Waals surface area (Å²) in [6.07, 6.45) is 2.50. The van der Waals surface area contributed by atoms with Crippen LogP contribution in [0.3, 0.4) is 0 Å². The number of aliphatic hydroxyl groups is 1. The van der Waals surface area contributed by atoms with Gasteiger partial charge < -0.3 is 15.0 Å². The van der Waals surface area contributed by atoms with Crippen LogP contribution in [0.25, 0.3) is 22.4 Å². The van der Waals surface area contributed by atoms with Crippen LogP contribution in [0.2, 0.25) is 0 Å². The first-order chi connectivity index (χ1) is 19.4. The maximum atomic E-state index is 14.0. The number of nitrogens with zero attached hydrogens (tertiary/aromatic N) is 1. The van der Waals surface area contributed by atoms with Crippen LogP contribution < -0.4 is 5.32 Å². The molecule has 0 bridgehead atoms. The molecule has 4 nitrogen and oxygen atoms in total. The molecule has 40 heavy (non-hydrogen) atoms. The molecular formula is C35H43FN2O2. The number of para-hydroxylation sites is 1. The van der Waals surface area contributed by atoms with E-state index < -0.39 is 6.10 Å². The summed E-state index contributed by atoms with van der Waals surface area (Å²) >= 11 is 0. The van der Waals surface area contributed by atoms with Gasteiger partial charge in [-0.15, -0.1) is 0 Å². The summed E-state index contributed by atoms with van der Waals surface area (Å²) in [5, 5.41) is 13.9. The molecule has 4 aromatic rings. The van der Waals surface area contributed by atoms with E-state index in [1.54, 1.807) is 12.1 Å². The lowest BCUT2D eigenvalue weighted by Crippen LogP contribution is -2.17. The zero-order valence-electron chi connectivity index (χ0n) is 24.5. The quantitative estimate of drug-likeness (QED) is 0.199. The Morgan fingerprint density at radius 1 is 0.900 bits per heavy atom. The van der Waals surface area contributed by atoms with Crippen molar-refractivity contribution in [2.75, 3.05) is 5.32 Å². The lowest BCUT2D eigenvalue weighted by atomic mass is 9.96. The van der Waals surface area contributed by atoms with E-state index in [4.69, 9.17) is 0 Å². The molecule has 212 valence electrons. The van der Waals surface area contributed by atoms with Crippen molar-refractivity contribution in [3.8, 4) is 22.4 Å². The van der Waals surface area contributed by atoms with Gasteiger partial charge in [0, 0.05) is 23.5 Å². The first-order valence-corrected chi connectivity index (χ1v) is 14.5. The smallest absolute Gasteiger partial charge is 0.258 e. The number of amides is 1. The number of carbonyl (C=O) groups excluding carboxylic acids is 1. The molecule has 0 spiro atoms. The molecule has 2 atom stereocenters. The molecule has 0 aliphatic heterocycles. The molecule has 2 unspecified atom stereocenters. The molecule has 0 saturated carbocycles. The van der Waals surface area contributed by atoms with Crippen LogP contribution in [0.1, 0.15) is 69.9 Å². The van der Waals surface area contributed by atoms with Crippen molar-refractivity contribution in [1.29, 1.82) is 0 Å². The molecule has 5 heteroatoms. The maximum Gasteiger partial charge on any atom is 0.258 e. The van der Waals surface area contributed by atoms with Crippen molar-refractivity contribution in [3.05, 3.63) is 102 Å². The van der Waals surface area contributed by atoms with Crippen molar-refractivity contribution < 1.29 is 14.3 Å². The Kier molecular flexibility index (Phi) is 11.7. The van der Waals surface area contributed by atoms with Crippen molar-refractivity contribution in [1.82, 2.24) is 4.57 Å². The lowest BCUT2D eigenvalue weighted by Gasteiger charge is -2.19. The van der Waals surface area contributed by atoms with Crippen LogP contribution >= 0.6 is 0 Å². The Hall–Kier alpha value is -3.70. The second-order valence-corrected chi connectivity index (χ2v) is 9.94. The number of aromatic nitrogens is 1. The minimum atomic E-state index is -0.445. The summed E-state index contributed by atoms with van der Waals surface area (Å²) in [5.41, 5.74) is 5.65. The zero-order chi connectivity index (χ0) is 29.1. The van der Waals surface area contributed by atoms with E-state index >= 15 is 0 Å². The number of benzene rings is 3. The summed E-state index contributed by atoms with van der Waals surface area (Å²) < 4.78 is 16.1. The number of halogens is 1. The summed E-state index contributed by atoms with van der Waals surface area (Å²) in [7, 11) is 0. The van der Waals surface area contributed by atoms with Gasteiger partial charge in [-0.25, -0.2) is 4.39 Å². The number of nitrogens with one attached hydrogen (secondary N) is 1. The third-order valence-corrected chi connectivity index (χ3v) is 7.20. The SMILES string of the molecule is CC.CCc1c(C(=O)Nc2ccccc2)c(-c2ccccc2)c(-c2ccc(F)cc2)n1CCC(O)CC(C)CC. The molecule has 0 saturated heterocycles.